The van der Waals surface area contributed by atoms with Crippen molar-refractivity contribution in [2.24, 2.45) is 0 Å². The summed E-state index contributed by atoms with van der Waals surface area (Å²) in [6, 6.07) is 13.0. The van der Waals surface area contributed by atoms with Crippen LogP contribution in [0, 0.1) is 12.7 Å². The fourth-order valence-corrected chi connectivity index (χ4v) is 1.79. The van der Waals surface area contributed by atoms with Gasteiger partial charge >= 0.3 is 0 Å². The van der Waals surface area contributed by atoms with Crippen molar-refractivity contribution in [2.75, 3.05) is 12.4 Å². The topological polar surface area (TPSA) is 21.3 Å². The molecule has 0 saturated carbocycles. The smallest absolute Gasteiger partial charge is 0.165 e. The number of nitrogens with one attached hydrogen (secondary N) is 1. The van der Waals surface area contributed by atoms with Crippen LogP contribution in [0.15, 0.2) is 42.5 Å². The van der Waals surface area contributed by atoms with Gasteiger partial charge in [0.05, 0.1) is 7.11 Å². The van der Waals surface area contributed by atoms with Crippen molar-refractivity contribution < 1.29 is 9.13 Å². The van der Waals surface area contributed by atoms with E-state index in [0.29, 0.717) is 6.54 Å². The molecule has 2 rings (SSSR count). The molecule has 2 aromatic carbocycles. The highest BCUT2D eigenvalue weighted by molar-refractivity contribution is 5.50. The quantitative estimate of drug-likeness (QED) is 0.885. The van der Waals surface area contributed by atoms with Crippen LogP contribution in [0.25, 0.3) is 0 Å². The molecule has 0 heterocycles. The van der Waals surface area contributed by atoms with Gasteiger partial charge in [0, 0.05) is 12.2 Å². The maximum Gasteiger partial charge on any atom is 0.165 e. The van der Waals surface area contributed by atoms with Gasteiger partial charge in [-0.15, -0.1) is 0 Å². The minimum atomic E-state index is -0.332. The first-order chi connectivity index (χ1) is 8.70. The molecule has 0 fully saturated rings. The Balaban J connectivity index is 2.07. The monoisotopic (exact) mass is 245 g/mol. The largest absolute Gasteiger partial charge is 0.494 e. The van der Waals surface area contributed by atoms with Crippen molar-refractivity contribution in [2.45, 2.75) is 13.5 Å². The minimum absolute atomic E-state index is 0.273. The van der Waals surface area contributed by atoms with Gasteiger partial charge in [-0.05, 0) is 36.2 Å². The summed E-state index contributed by atoms with van der Waals surface area (Å²) < 4.78 is 18.4. The average Bonchev–Trinajstić information content (AvgIpc) is 2.38. The Morgan fingerprint density at radius 2 is 1.94 bits per heavy atom. The van der Waals surface area contributed by atoms with Crippen LogP contribution in [0.2, 0.25) is 0 Å². The van der Waals surface area contributed by atoms with E-state index >= 15 is 0 Å². The summed E-state index contributed by atoms with van der Waals surface area (Å²) in [5.41, 5.74) is 3.12. The van der Waals surface area contributed by atoms with Crippen LogP contribution in [-0.2, 0) is 6.54 Å². The van der Waals surface area contributed by atoms with Gasteiger partial charge in [0.25, 0.3) is 0 Å². The normalized spacial score (nSPS) is 10.2. The van der Waals surface area contributed by atoms with Crippen LogP contribution in [0.4, 0.5) is 10.1 Å². The molecule has 1 N–H and O–H groups in total. The van der Waals surface area contributed by atoms with E-state index in [2.05, 4.69) is 5.32 Å². The molecule has 2 aromatic rings. The summed E-state index contributed by atoms with van der Waals surface area (Å²) >= 11 is 0. The number of ether oxygens (including phenoxy) is 1. The van der Waals surface area contributed by atoms with E-state index in [-0.39, 0.29) is 11.6 Å². The van der Waals surface area contributed by atoms with E-state index in [4.69, 9.17) is 4.74 Å². The summed E-state index contributed by atoms with van der Waals surface area (Å²) in [6.45, 7) is 2.63. The van der Waals surface area contributed by atoms with Gasteiger partial charge in [0.1, 0.15) is 0 Å². The molecular formula is C15H16FNO. The van der Waals surface area contributed by atoms with Crippen LogP contribution >= 0.6 is 0 Å². The van der Waals surface area contributed by atoms with Crippen molar-refractivity contribution in [1.29, 1.82) is 0 Å². The number of aryl methyl sites for hydroxylation is 1. The number of benzene rings is 2. The van der Waals surface area contributed by atoms with Crippen molar-refractivity contribution in [1.82, 2.24) is 0 Å². The van der Waals surface area contributed by atoms with Gasteiger partial charge in [0.2, 0.25) is 0 Å². The highest BCUT2D eigenvalue weighted by atomic mass is 19.1. The number of halogens is 1. The first-order valence-corrected chi connectivity index (χ1v) is 5.82. The zero-order valence-electron chi connectivity index (χ0n) is 10.5. The number of para-hydroxylation sites is 1. The van der Waals surface area contributed by atoms with E-state index in [0.717, 1.165) is 11.3 Å². The summed E-state index contributed by atoms with van der Waals surface area (Å²) in [5, 5.41) is 3.29. The molecular weight excluding hydrogens is 229 g/mol. The van der Waals surface area contributed by atoms with E-state index < -0.39 is 0 Å². The molecule has 0 aliphatic heterocycles. The zero-order valence-corrected chi connectivity index (χ0v) is 10.5. The Morgan fingerprint density at radius 3 is 2.61 bits per heavy atom. The first kappa shape index (κ1) is 12.4. The molecule has 3 heteroatoms. The molecule has 0 bridgehead atoms. The van der Waals surface area contributed by atoms with E-state index in [9.17, 15) is 4.39 Å². The van der Waals surface area contributed by atoms with Gasteiger partial charge in [0.15, 0.2) is 11.6 Å². The van der Waals surface area contributed by atoms with Gasteiger partial charge in [-0.3, -0.25) is 0 Å². The van der Waals surface area contributed by atoms with Gasteiger partial charge in [-0.2, -0.15) is 0 Å². The highest BCUT2D eigenvalue weighted by Crippen LogP contribution is 2.19. The number of hydrogen-bond donors (Lipinski definition) is 1. The summed E-state index contributed by atoms with van der Waals surface area (Å²) in [4.78, 5) is 0. The Bertz CT molecular complexity index is 540. The average molecular weight is 245 g/mol. The number of hydrogen-bond acceptors (Lipinski definition) is 2. The van der Waals surface area contributed by atoms with Crippen LogP contribution < -0.4 is 10.1 Å². The first-order valence-electron chi connectivity index (χ1n) is 5.82. The fourth-order valence-electron chi connectivity index (χ4n) is 1.79. The maximum absolute atomic E-state index is 13.5. The Hall–Kier alpha value is -2.03. The molecule has 0 aliphatic carbocycles. The number of methoxy groups -OCH3 is 1. The summed E-state index contributed by atoms with van der Waals surface area (Å²) in [5.74, 6) is -0.0591. The lowest BCUT2D eigenvalue weighted by Crippen LogP contribution is -2.01. The lowest BCUT2D eigenvalue weighted by molar-refractivity contribution is 0.386. The van der Waals surface area contributed by atoms with Crippen LogP contribution in [0.1, 0.15) is 11.1 Å². The van der Waals surface area contributed by atoms with E-state index in [1.165, 1.54) is 18.7 Å². The van der Waals surface area contributed by atoms with Gasteiger partial charge in [-0.1, -0.05) is 24.3 Å². The van der Waals surface area contributed by atoms with Crippen LogP contribution in [0.3, 0.4) is 0 Å². The van der Waals surface area contributed by atoms with Crippen LogP contribution in [0.5, 0.6) is 5.75 Å². The molecule has 0 aromatic heterocycles. The SMILES string of the molecule is COc1ccc(CNc2ccccc2C)cc1F. The number of anilines is 1. The molecule has 0 unspecified atom stereocenters. The zero-order chi connectivity index (χ0) is 13.0. The fraction of sp³-hybridized carbons (Fsp3) is 0.200. The number of rotatable bonds is 4. The lowest BCUT2D eigenvalue weighted by atomic mass is 10.1. The highest BCUT2D eigenvalue weighted by Gasteiger charge is 2.03. The molecule has 0 radical (unpaired) electrons. The maximum atomic E-state index is 13.5. The van der Waals surface area contributed by atoms with E-state index in [1.54, 1.807) is 6.07 Å². The van der Waals surface area contributed by atoms with Gasteiger partial charge in [-0.25, -0.2) is 4.39 Å². The summed E-state index contributed by atoms with van der Waals surface area (Å²) in [7, 11) is 1.46. The standard InChI is InChI=1S/C15H16FNO/c1-11-5-3-4-6-14(11)17-10-12-7-8-15(18-2)13(16)9-12/h3-9,17H,10H2,1-2H3. The molecule has 0 atom stereocenters. The Labute approximate surface area is 106 Å². The third kappa shape index (κ3) is 2.80. The van der Waals surface area contributed by atoms with E-state index in [1.807, 2.05) is 37.3 Å². The molecule has 0 spiro atoms. The Kier molecular flexibility index (Phi) is 3.82. The Morgan fingerprint density at radius 1 is 1.17 bits per heavy atom. The second-order valence-corrected chi connectivity index (χ2v) is 4.14. The molecule has 94 valence electrons. The molecule has 0 aliphatic rings. The van der Waals surface area contributed by atoms with Crippen LogP contribution in [-0.4, -0.2) is 7.11 Å². The second kappa shape index (κ2) is 5.54. The van der Waals surface area contributed by atoms with Gasteiger partial charge < -0.3 is 10.1 Å². The molecule has 2 nitrogen and oxygen atoms in total. The molecule has 0 saturated heterocycles. The third-order valence-corrected chi connectivity index (χ3v) is 2.84. The molecule has 0 amide bonds. The predicted octanol–water partition coefficient (Wildman–Crippen LogP) is 3.75. The molecule has 18 heavy (non-hydrogen) atoms. The predicted molar refractivity (Wildman–Crippen MR) is 71.5 cm³/mol. The van der Waals surface area contributed by atoms with Crippen molar-refractivity contribution in [3.63, 3.8) is 0 Å². The summed E-state index contributed by atoms with van der Waals surface area (Å²) in [6.07, 6.45) is 0. The van der Waals surface area contributed by atoms with Crippen molar-refractivity contribution in [3.05, 3.63) is 59.4 Å². The second-order valence-electron chi connectivity index (χ2n) is 4.14. The minimum Gasteiger partial charge on any atom is -0.494 e. The van der Waals surface area contributed by atoms with Crippen molar-refractivity contribution in [3.8, 4) is 5.75 Å². The third-order valence-electron chi connectivity index (χ3n) is 2.84. The lowest BCUT2D eigenvalue weighted by Gasteiger charge is -2.10. The van der Waals surface area contributed by atoms with Crippen molar-refractivity contribution >= 4 is 5.69 Å².